The van der Waals surface area contributed by atoms with E-state index in [1.54, 1.807) is 37.4 Å². The predicted octanol–water partition coefficient (Wildman–Crippen LogP) is 4.28. The van der Waals surface area contributed by atoms with E-state index >= 15 is 0 Å². The molecular formula is C21H22N2O5. The second kappa shape index (κ2) is 9.55. The highest BCUT2D eigenvalue weighted by Gasteiger charge is 2.15. The summed E-state index contributed by atoms with van der Waals surface area (Å²) in [7, 11) is 1.57. The van der Waals surface area contributed by atoms with Gasteiger partial charge in [-0.15, -0.1) is 0 Å². The topological polar surface area (TPSA) is 83.7 Å². The maximum atomic E-state index is 12.2. The molecule has 0 fully saturated rings. The summed E-state index contributed by atoms with van der Waals surface area (Å²) in [5.74, 6) is 1.46. The molecule has 3 rings (SSSR count). The molecular weight excluding hydrogens is 360 g/mol. The first-order chi connectivity index (χ1) is 13.7. The first-order valence-corrected chi connectivity index (χ1v) is 9.07. The van der Waals surface area contributed by atoms with Gasteiger partial charge >= 0.3 is 5.97 Å². The molecule has 0 aliphatic carbocycles. The lowest BCUT2D eigenvalue weighted by atomic mass is 10.2. The molecule has 0 amide bonds. The van der Waals surface area contributed by atoms with Gasteiger partial charge < -0.3 is 18.7 Å². The summed E-state index contributed by atoms with van der Waals surface area (Å²) < 4.78 is 21.3. The van der Waals surface area contributed by atoms with Gasteiger partial charge in [-0.1, -0.05) is 30.6 Å². The lowest BCUT2D eigenvalue weighted by Gasteiger charge is -2.06. The van der Waals surface area contributed by atoms with Crippen molar-refractivity contribution in [2.75, 3.05) is 13.7 Å². The molecule has 0 bridgehead atoms. The van der Waals surface area contributed by atoms with E-state index in [0.717, 1.165) is 18.6 Å². The number of esters is 1. The van der Waals surface area contributed by atoms with Crippen molar-refractivity contribution in [3.63, 3.8) is 0 Å². The molecule has 28 heavy (non-hydrogen) atoms. The number of carbonyl (C=O) groups excluding carboxylic acids is 1. The van der Waals surface area contributed by atoms with E-state index in [9.17, 15) is 4.79 Å². The Kier molecular flexibility index (Phi) is 6.62. The van der Waals surface area contributed by atoms with Crippen LogP contribution >= 0.6 is 0 Å². The molecule has 3 aromatic rings. The zero-order valence-electron chi connectivity index (χ0n) is 15.9. The fourth-order valence-electron chi connectivity index (χ4n) is 2.48. The lowest BCUT2D eigenvalue weighted by molar-refractivity contribution is 0.0430. The number of carbonyl (C=O) groups is 1. The molecule has 0 aliphatic rings. The van der Waals surface area contributed by atoms with Crippen LogP contribution in [0, 0.1) is 0 Å². The Labute approximate surface area is 163 Å². The summed E-state index contributed by atoms with van der Waals surface area (Å²) in [6, 6.07) is 14.2. The van der Waals surface area contributed by atoms with Gasteiger partial charge in [-0.25, -0.2) is 4.79 Å². The highest BCUT2D eigenvalue weighted by molar-refractivity contribution is 5.89. The van der Waals surface area contributed by atoms with E-state index in [0.29, 0.717) is 29.3 Å². The molecule has 7 nitrogen and oxygen atoms in total. The summed E-state index contributed by atoms with van der Waals surface area (Å²) in [5, 5.41) is 3.92. The van der Waals surface area contributed by atoms with E-state index in [1.165, 1.54) is 0 Å². The second-order valence-corrected chi connectivity index (χ2v) is 6.01. The Balaban J connectivity index is 1.57. The molecule has 0 aliphatic heterocycles. The number of benzene rings is 2. The predicted molar refractivity (Wildman–Crippen MR) is 102 cm³/mol. The maximum absolute atomic E-state index is 12.2. The van der Waals surface area contributed by atoms with E-state index in [4.69, 9.17) is 18.7 Å². The molecule has 146 valence electrons. The minimum atomic E-state index is -0.475. The van der Waals surface area contributed by atoms with Gasteiger partial charge in [0, 0.05) is 0 Å². The van der Waals surface area contributed by atoms with Crippen LogP contribution in [0.1, 0.15) is 36.0 Å². The smallest absolute Gasteiger partial charge is 0.338 e. The Morgan fingerprint density at radius 2 is 1.89 bits per heavy atom. The van der Waals surface area contributed by atoms with Crippen LogP contribution in [0.4, 0.5) is 0 Å². The monoisotopic (exact) mass is 382 g/mol. The van der Waals surface area contributed by atoms with Crippen LogP contribution in [0.25, 0.3) is 11.4 Å². The van der Waals surface area contributed by atoms with Crippen LogP contribution in [-0.2, 0) is 11.3 Å². The van der Waals surface area contributed by atoms with E-state index in [1.807, 2.05) is 18.2 Å². The third kappa shape index (κ3) is 4.88. The Morgan fingerprint density at radius 3 is 2.64 bits per heavy atom. The van der Waals surface area contributed by atoms with Gasteiger partial charge in [-0.05, 0) is 42.8 Å². The first-order valence-electron chi connectivity index (χ1n) is 9.07. The van der Waals surface area contributed by atoms with E-state index < -0.39 is 5.97 Å². The van der Waals surface area contributed by atoms with Crippen LogP contribution in [0.3, 0.4) is 0 Å². The van der Waals surface area contributed by atoms with E-state index in [2.05, 4.69) is 17.1 Å². The average molecular weight is 382 g/mol. The van der Waals surface area contributed by atoms with Crippen molar-refractivity contribution in [1.82, 2.24) is 10.1 Å². The summed E-state index contributed by atoms with van der Waals surface area (Å²) >= 11 is 0. The normalized spacial score (nSPS) is 10.5. The van der Waals surface area contributed by atoms with Crippen molar-refractivity contribution in [1.29, 1.82) is 0 Å². The van der Waals surface area contributed by atoms with E-state index in [-0.39, 0.29) is 12.5 Å². The van der Waals surface area contributed by atoms with Crippen molar-refractivity contribution in [3.05, 3.63) is 60.0 Å². The molecule has 1 heterocycles. The van der Waals surface area contributed by atoms with Crippen molar-refractivity contribution in [2.24, 2.45) is 0 Å². The zero-order chi connectivity index (χ0) is 19.8. The second-order valence-electron chi connectivity index (χ2n) is 6.01. The minimum Gasteiger partial charge on any atom is -0.496 e. The number of rotatable bonds is 9. The van der Waals surface area contributed by atoms with Crippen molar-refractivity contribution >= 4 is 5.97 Å². The van der Waals surface area contributed by atoms with Gasteiger partial charge in [0.05, 0.1) is 24.8 Å². The number of methoxy groups -OCH3 is 1. The number of nitrogens with zero attached hydrogens (tertiary/aromatic N) is 2. The van der Waals surface area contributed by atoms with Gasteiger partial charge in [-0.2, -0.15) is 4.98 Å². The van der Waals surface area contributed by atoms with Crippen molar-refractivity contribution in [2.45, 2.75) is 26.4 Å². The molecule has 0 spiro atoms. The molecule has 0 N–H and O–H groups in total. The number of ether oxygens (including phenoxy) is 3. The molecule has 2 aromatic carbocycles. The van der Waals surface area contributed by atoms with Gasteiger partial charge in [-0.3, -0.25) is 0 Å². The Hall–Kier alpha value is -3.35. The zero-order valence-corrected chi connectivity index (χ0v) is 15.9. The quantitative estimate of drug-likeness (QED) is 0.403. The van der Waals surface area contributed by atoms with Crippen LogP contribution in [0.15, 0.2) is 53.1 Å². The summed E-state index contributed by atoms with van der Waals surface area (Å²) in [6.45, 7) is 2.65. The standard InChI is InChI=1S/C21H22N2O5/c1-3-4-13-26-16-11-9-15(10-12-16)21(24)27-14-19-22-20(23-28-19)17-7-5-6-8-18(17)25-2/h5-12H,3-4,13-14H2,1-2H3. The molecule has 7 heteroatoms. The molecule has 0 unspecified atom stereocenters. The molecule has 0 atom stereocenters. The molecule has 1 aromatic heterocycles. The number of aromatic nitrogens is 2. The summed E-state index contributed by atoms with van der Waals surface area (Å²) in [5.41, 5.74) is 1.12. The fraction of sp³-hybridized carbons (Fsp3) is 0.286. The van der Waals surface area contributed by atoms with Crippen molar-refractivity contribution in [3.8, 4) is 22.9 Å². The van der Waals surface area contributed by atoms with Crippen LogP contribution in [-0.4, -0.2) is 29.8 Å². The SMILES string of the molecule is CCCCOc1ccc(C(=O)OCc2nc(-c3ccccc3OC)no2)cc1. The number of hydrogen-bond donors (Lipinski definition) is 0. The minimum absolute atomic E-state index is 0.115. The summed E-state index contributed by atoms with van der Waals surface area (Å²) in [4.78, 5) is 16.4. The first kappa shape index (κ1) is 19.4. The lowest BCUT2D eigenvalue weighted by Crippen LogP contribution is -2.05. The molecule has 0 saturated heterocycles. The van der Waals surface area contributed by atoms with Gasteiger partial charge in [0.25, 0.3) is 5.89 Å². The molecule has 0 radical (unpaired) electrons. The largest absolute Gasteiger partial charge is 0.496 e. The number of unbranched alkanes of at least 4 members (excludes halogenated alkanes) is 1. The summed E-state index contributed by atoms with van der Waals surface area (Å²) in [6.07, 6.45) is 2.06. The molecule has 0 saturated carbocycles. The highest BCUT2D eigenvalue weighted by atomic mass is 16.6. The Bertz CT molecular complexity index is 905. The number of hydrogen-bond acceptors (Lipinski definition) is 7. The van der Waals surface area contributed by atoms with Gasteiger partial charge in [0.2, 0.25) is 5.82 Å². The van der Waals surface area contributed by atoms with Crippen molar-refractivity contribution < 1.29 is 23.5 Å². The fourth-order valence-corrected chi connectivity index (χ4v) is 2.48. The third-order valence-electron chi connectivity index (χ3n) is 4.00. The van der Waals surface area contributed by atoms with Gasteiger partial charge in [0.15, 0.2) is 6.61 Å². The van der Waals surface area contributed by atoms with Crippen LogP contribution in [0.2, 0.25) is 0 Å². The maximum Gasteiger partial charge on any atom is 0.338 e. The van der Waals surface area contributed by atoms with Gasteiger partial charge in [0.1, 0.15) is 11.5 Å². The Morgan fingerprint density at radius 1 is 1.11 bits per heavy atom. The highest BCUT2D eigenvalue weighted by Crippen LogP contribution is 2.27. The number of para-hydroxylation sites is 1. The third-order valence-corrected chi connectivity index (χ3v) is 4.00. The van der Waals surface area contributed by atoms with Crippen LogP contribution in [0.5, 0.6) is 11.5 Å². The average Bonchev–Trinajstić information content (AvgIpc) is 3.21. The van der Waals surface area contributed by atoms with Crippen LogP contribution < -0.4 is 9.47 Å².